The topological polar surface area (TPSA) is 62.3 Å². The van der Waals surface area contributed by atoms with Crippen LogP contribution in [0.5, 0.6) is 0 Å². The lowest BCUT2D eigenvalue weighted by Crippen LogP contribution is -2.24. The second kappa shape index (κ2) is 8.10. The number of anilines is 1. The molecule has 1 rings (SSSR count). The van der Waals surface area contributed by atoms with Gasteiger partial charge in [-0.2, -0.15) is 0 Å². The number of nitrogens with one attached hydrogen (secondary N) is 1. The van der Waals surface area contributed by atoms with E-state index in [-0.39, 0.29) is 5.75 Å². The predicted octanol–water partition coefficient (Wildman–Crippen LogP) is 2.25. The summed E-state index contributed by atoms with van der Waals surface area (Å²) in [5.41, 5.74) is 1.12. The van der Waals surface area contributed by atoms with Gasteiger partial charge in [-0.1, -0.05) is 20.8 Å². The number of hydrogen-bond acceptors (Lipinski definition) is 6. The van der Waals surface area contributed by atoms with Crippen LogP contribution in [0.4, 0.5) is 5.13 Å². The van der Waals surface area contributed by atoms with Crippen molar-refractivity contribution >= 4 is 26.3 Å². The third kappa shape index (κ3) is 6.32. The maximum Gasteiger partial charge on any atom is 0.185 e. The van der Waals surface area contributed by atoms with E-state index in [0.29, 0.717) is 12.5 Å². The molecule has 0 saturated carbocycles. The van der Waals surface area contributed by atoms with Gasteiger partial charge in [-0.15, -0.1) is 11.3 Å². The molecule has 0 aliphatic rings. The molecule has 122 valence electrons. The first-order chi connectivity index (χ1) is 9.74. The van der Waals surface area contributed by atoms with E-state index in [0.717, 1.165) is 30.3 Å². The molecule has 0 amide bonds. The smallest absolute Gasteiger partial charge is 0.185 e. The first-order valence-electron chi connectivity index (χ1n) is 7.33. The predicted molar refractivity (Wildman–Crippen MR) is 91.2 cm³/mol. The van der Waals surface area contributed by atoms with Crippen molar-refractivity contribution in [3.05, 3.63) is 10.6 Å². The minimum atomic E-state index is -2.94. The molecule has 21 heavy (non-hydrogen) atoms. The van der Waals surface area contributed by atoms with Gasteiger partial charge in [-0.3, -0.25) is 0 Å². The van der Waals surface area contributed by atoms with Crippen molar-refractivity contribution < 1.29 is 8.42 Å². The fourth-order valence-corrected chi connectivity index (χ4v) is 3.65. The third-order valence-corrected chi connectivity index (χ3v) is 5.21. The van der Waals surface area contributed by atoms with E-state index in [1.165, 1.54) is 11.1 Å². The zero-order valence-electron chi connectivity index (χ0n) is 13.6. The van der Waals surface area contributed by atoms with E-state index in [1.54, 1.807) is 11.3 Å². The molecule has 0 saturated heterocycles. The molecule has 0 spiro atoms. The molecule has 0 aromatic carbocycles. The number of thiazole rings is 1. The number of nitrogens with zero attached hydrogens (tertiary/aromatic N) is 2. The Hall–Kier alpha value is -0.660. The SMILES string of the molecule is CCCNCc1sc(N(C)CCS(C)(=O)=O)nc1C(C)C. The monoisotopic (exact) mass is 333 g/mol. The van der Waals surface area contributed by atoms with Gasteiger partial charge in [0.25, 0.3) is 0 Å². The van der Waals surface area contributed by atoms with E-state index in [2.05, 4.69) is 26.1 Å². The lowest BCUT2D eigenvalue weighted by atomic mass is 10.1. The molecular formula is C14H27N3O2S2. The highest BCUT2D eigenvalue weighted by Crippen LogP contribution is 2.30. The van der Waals surface area contributed by atoms with E-state index >= 15 is 0 Å². The molecule has 0 aliphatic heterocycles. The lowest BCUT2D eigenvalue weighted by molar-refractivity contribution is 0.601. The Morgan fingerprint density at radius 3 is 2.57 bits per heavy atom. The zero-order valence-corrected chi connectivity index (χ0v) is 15.3. The second-order valence-electron chi connectivity index (χ2n) is 5.69. The molecule has 0 unspecified atom stereocenters. The van der Waals surface area contributed by atoms with Gasteiger partial charge in [-0.25, -0.2) is 13.4 Å². The summed E-state index contributed by atoms with van der Waals surface area (Å²) in [4.78, 5) is 7.88. The first kappa shape index (κ1) is 18.4. The van der Waals surface area contributed by atoms with Gasteiger partial charge in [0.05, 0.1) is 11.4 Å². The van der Waals surface area contributed by atoms with E-state index in [9.17, 15) is 8.42 Å². The van der Waals surface area contributed by atoms with Crippen LogP contribution in [0.3, 0.4) is 0 Å². The number of aromatic nitrogens is 1. The molecule has 1 N–H and O–H groups in total. The van der Waals surface area contributed by atoms with Crippen LogP contribution in [-0.2, 0) is 16.4 Å². The Bertz CT molecular complexity index is 538. The summed E-state index contributed by atoms with van der Waals surface area (Å²) in [7, 11) is -1.04. The molecule has 1 aromatic rings. The zero-order chi connectivity index (χ0) is 16.0. The van der Waals surface area contributed by atoms with Crippen LogP contribution in [0, 0.1) is 0 Å². The lowest BCUT2D eigenvalue weighted by Gasteiger charge is -2.14. The van der Waals surface area contributed by atoms with E-state index < -0.39 is 9.84 Å². The summed E-state index contributed by atoms with van der Waals surface area (Å²) in [5, 5.41) is 4.31. The highest BCUT2D eigenvalue weighted by atomic mass is 32.2. The van der Waals surface area contributed by atoms with Gasteiger partial charge in [0, 0.05) is 31.3 Å². The van der Waals surface area contributed by atoms with Crippen LogP contribution in [-0.4, -0.2) is 45.5 Å². The summed E-state index contributed by atoms with van der Waals surface area (Å²) < 4.78 is 22.5. The van der Waals surface area contributed by atoms with Crippen LogP contribution < -0.4 is 10.2 Å². The Morgan fingerprint density at radius 2 is 2.05 bits per heavy atom. The van der Waals surface area contributed by atoms with Gasteiger partial charge in [0.2, 0.25) is 0 Å². The largest absolute Gasteiger partial charge is 0.350 e. The van der Waals surface area contributed by atoms with Crippen molar-refractivity contribution in [2.45, 2.75) is 39.7 Å². The molecule has 5 nitrogen and oxygen atoms in total. The summed E-state index contributed by atoms with van der Waals surface area (Å²) >= 11 is 1.65. The highest BCUT2D eigenvalue weighted by Gasteiger charge is 2.17. The van der Waals surface area contributed by atoms with Gasteiger partial charge < -0.3 is 10.2 Å². The fourth-order valence-electron chi connectivity index (χ4n) is 1.87. The summed E-state index contributed by atoms with van der Waals surface area (Å²) in [5.74, 6) is 0.528. The van der Waals surface area contributed by atoms with Crippen molar-refractivity contribution in [2.75, 3.05) is 37.0 Å². The normalized spacial score (nSPS) is 12.1. The van der Waals surface area contributed by atoms with E-state index in [4.69, 9.17) is 4.98 Å². The van der Waals surface area contributed by atoms with Crippen molar-refractivity contribution in [1.29, 1.82) is 0 Å². The molecule has 1 aromatic heterocycles. The second-order valence-corrected chi connectivity index (χ2v) is 9.01. The maximum absolute atomic E-state index is 11.3. The van der Waals surface area contributed by atoms with Gasteiger partial charge >= 0.3 is 0 Å². The molecule has 0 atom stereocenters. The maximum atomic E-state index is 11.3. The highest BCUT2D eigenvalue weighted by molar-refractivity contribution is 7.90. The number of sulfone groups is 1. The quantitative estimate of drug-likeness (QED) is 0.702. The number of hydrogen-bond donors (Lipinski definition) is 1. The van der Waals surface area contributed by atoms with Crippen molar-refractivity contribution in [3.63, 3.8) is 0 Å². The molecule has 1 heterocycles. The third-order valence-electron chi connectivity index (χ3n) is 3.10. The van der Waals surface area contributed by atoms with Crippen molar-refractivity contribution in [2.24, 2.45) is 0 Å². The summed E-state index contributed by atoms with van der Waals surface area (Å²) in [6.07, 6.45) is 2.37. The average Bonchev–Trinajstić information content (AvgIpc) is 2.80. The van der Waals surface area contributed by atoms with Crippen molar-refractivity contribution in [3.8, 4) is 0 Å². The minimum Gasteiger partial charge on any atom is -0.350 e. The average molecular weight is 334 g/mol. The van der Waals surface area contributed by atoms with Crippen LogP contribution >= 0.6 is 11.3 Å². The minimum absolute atomic E-state index is 0.156. The van der Waals surface area contributed by atoms with Gasteiger partial charge in [-0.05, 0) is 18.9 Å². The van der Waals surface area contributed by atoms with Crippen LogP contribution in [0.25, 0.3) is 0 Å². The van der Waals surface area contributed by atoms with Crippen LogP contribution in [0.2, 0.25) is 0 Å². The Kier molecular flexibility index (Phi) is 7.09. The molecule has 0 aliphatic carbocycles. The fraction of sp³-hybridized carbons (Fsp3) is 0.786. The van der Waals surface area contributed by atoms with Crippen LogP contribution in [0.1, 0.15) is 43.7 Å². The van der Waals surface area contributed by atoms with Gasteiger partial charge in [0.1, 0.15) is 9.84 Å². The standard InChI is InChI=1S/C14H27N3O2S2/c1-6-7-15-10-12-13(11(2)3)16-14(20-12)17(4)8-9-21(5,18)19/h11,15H,6-10H2,1-5H3. The Balaban J connectivity index is 2.80. The van der Waals surface area contributed by atoms with E-state index in [1.807, 2.05) is 11.9 Å². The molecule has 7 heteroatoms. The Morgan fingerprint density at radius 1 is 1.38 bits per heavy atom. The summed E-state index contributed by atoms with van der Waals surface area (Å²) in [6.45, 7) is 8.73. The summed E-state index contributed by atoms with van der Waals surface area (Å²) in [6, 6.07) is 0. The molecule has 0 bridgehead atoms. The Labute approximate surface area is 132 Å². The first-order valence-corrected chi connectivity index (χ1v) is 10.2. The van der Waals surface area contributed by atoms with Crippen molar-refractivity contribution in [1.82, 2.24) is 10.3 Å². The molecule has 0 fully saturated rings. The van der Waals surface area contributed by atoms with Gasteiger partial charge in [0.15, 0.2) is 5.13 Å². The number of rotatable bonds is 9. The molecule has 0 radical (unpaired) electrons. The molecular weight excluding hydrogens is 306 g/mol. The van der Waals surface area contributed by atoms with Crippen LogP contribution in [0.15, 0.2) is 0 Å².